The zero-order valence-corrected chi connectivity index (χ0v) is 12.7. The van der Waals surface area contributed by atoms with E-state index in [4.69, 9.17) is 0 Å². The van der Waals surface area contributed by atoms with E-state index in [0.29, 0.717) is 31.6 Å². The zero-order valence-electron chi connectivity index (χ0n) is 12.7. The van der Waals surface area contributed by atoms with Crippen LogP contribution in [0, 0.1) is 5.82 Å². The molecule has 1 aromatic carbocycles. The smallest absolute Gasteiger partial charge is 0.221 e. The second-order valence-electron chi connectivity index (χ2n) is 4.95. The lowest BCUT2D eigenvalue weighted by atomic mass is 10.1. The monoisotopic (exact) mass is 294 g/mol. The van der Waals surface area contributed by atoms with Gasteiger partial charge in [0.2, 0.25) is 11.8 Å². The number of carbonyl (C=O) groups is 2. The van der Waals surface area contributed by atoms with Crippen LogP contribution in [0.4, 0.5) is 4.39 Å². The quantitative estimate of drug-likeness (QED) is 0.798. The summed E-state index contributed by atoms with van der Waals surface area (Å²) in [7, 11) is 0. The molecule has 4 nitrogen and oxygen atoms in total. The van der Waals surface area contributed by atoms with Crippen molar-refractivity contribution in [3.63, 3.8) is 0 Å². The number of nitrogens with one attached hydrogen (secondary N) is 1. The van der Waals surface area contributed by atoms with Gasteiger partial charge >= 0.3 is 0 Å². The van der Waals surface area contributed by atoms with Crippen molar-refractivity contribution in [2.45, 2.75) is 33.1 Å². The minimum Gasteiger partial charge on any atom is -0.356 e. The molecule has 0 saturated carbocycles. The average Bonchev–Trinajstić information content (AvgIpc) is 2.46. The summed E-state index contributed by atoms with van der Waals surface area (Å²) >= 11 is 0. The summed E-state index contributed by atoms with van der Waals surface area (Å²) in [6.07, 6.45) is 1.61. The predicted octanol–water partition coefficient (Wildman–Crippen LogP) is 2.13. The van der Waals surface area contributed by atoms with Crippen LogP contribution in [0.1, 0.15) is 32.3 Å². The number of carbonyl (C=O) groups excluding carboxylic acids is 2. The molecule has 1 rings (SSSR count). The Balaban J connectivity index is 2.45. The zero-order chi connectivity index (χ0) is 15.7. The fraction of sp³-hybridized carbons (Fsp3) is 0.500. The standard InChI is InChI=1S/C16H23FN2O2/c1-3-10-18-16(21)9-12-19(13(2)20)11-8-14-6-4-5-7-15(14)17/h4-7H,3,8-12H2,1-2H3,(H,18,21). The number of halogens is 1. The van der Waals surface area contributed by atoms with Gasteiger partial charge in [0.1, 0.15) is 5.82 Å². The molecule has 1 N–H and O–H groups in total. The summed E-state index contributed by atoms with van der Waals surface area (Å²) in [4.78, 5) is 24.7. The molecule has 0 aromatic heterocycles. The van der Waals surface area contributed by atoms with Gasteiger partial charge in [-0.05, 0) is 24.5 Å². The Bertz CT molecular complexity index is 477. The molecule has 0 unspecified atom stereocenters. The van der Waals surface area contributed by atoms with Crippen LogP contribution < -0.4 is 5.32 Å². The fourth-order valence-corrected chi connectivity index (χ4v) is 1.97. The van der Waals surface area contributed by atoms with Gasteiger partial charge in [-0.2, -0.15) is 0 Å². The molecule has 0 aliphatic carbocycles. The molecule has 0 atom stereocenters. The third-order valence-corrected chi connectivity index (χ3v) is 3.24. The number of hydrogen-bond acceptors (Lipinski definition) is 2. The number of nitrogens with zero attached hydrogens (tertiary/aromatic N) is 1. The Morgan fingerprint density at radius 2 is 1.95 bits per heavy atom. The predicted molar refractivity (Wildman–Crippen MR) is 80.3 cm³/mol. The van der Waals surface area contributed by atoms with E-state index in [2.05, 4.69) is 5.32 Å². The van der Waals surface area contributed by atoms with Crippen molar-refractivity contribution in [1.82, 2.24) is 10.2 Å². The first-order valence-electron chi connectivity index (χ1n) is 7.30. The van der Waals surface area contributed by atoms with Crippen molar-refractivity contribution in [2.75, 3.05) is 19.6 Å². The first-order valence-corrected chi connectivity index (χ1v) is 7.30. The third kappa shape index (κ3) is 6.38. The Kier molecular flexibility index (Phi) is 7.43. The maximum Gasteiger partial charge on any atom is 0.221 e. The second-order valence-corrected chi connectivity index (χ2v) is 4.95. The highest BCUT2D eigenvalue weighted by atomic mass is 19.1. The van der Waals surface area contributed by atoms with Crippen LogP contribution in [0.2, 0.25) is 0 Å². The van der Waals surface area contributed by atoms with E-state index in [1.165, 1.54) is 13.0 Å². The first kappa shape index (κ1) is 17.1. The molecule has 0 aliphatic heterocycles. The Hall–Kier alpha value is -1.91. The molecule has 1 aromatic rings. The van der Waals surface area contributed by atoms with Crippen LogP contribution in [-0.4, -0.2) is 36.3 Å². The number of hydrogen-bond donors (Lipinski definition) is 1. The van der Waals surface area contributed by atoms with Crippen LogP contribution in [0.25, 0.3) is 0 Å². The molecule has 0 saturated heterocycles. The van der Waals surface area contributed by atoms with Crippen LogP contribution >= 0.6 is 0 Å². The van der Waals surface area contributed by atoms with Gasteiger partial charge in [0.15, 0.2) is 0 Å². The molecule has 2 amide bonds. The summed E-state index contributed by atoms with van der Waals surface area (Å²) < 4.78 is 13.5. The molecule has 0 fully saturated rings. The average molecular weight is 294 g/mol. The van der Waals surface area contributed by atoms with Crippen LogP contribution in [0.15, 0.2) is 24.3 Å². The van der Waals surface area contributed by atoms with Crippen molar-refractivity contribution < 1.29 is 14.0 Å². The number of benzene rings is 1. The second kappa shape index (κ2) is 9.10. The van der Waals surface area contributed by atoms with Crippen molar-refractivity contribution >= 4 is 11.8 Å². The molecule has 5 heteroatoms. The van der Waals surface area contributed by atoms with E-state index in [0.717, 1.165) is 6.42 Å². The highest BCUT2D eigenvalue weighted by Crippen LogP contribution is 2.08. The maximum atomic E-state index is 13.5. The van der Waals surface area contributed by atoms with Gasteiger partial charge in [-0.3, -0.25) is 9.59 Å². The van der Waals surface area contributed by atoms with Gasteiger partial charge < -0.3 is 10.2 Å². The summed E-state index contributed by atoms with van der Waals surface area (Å²) in [5.41, 5.74) is 0.583. The maximum absolute atomic E-state index is 13.5. The van der Waals surface area contributed by atoms with Gasteiger partial charge in [-0.1, -0.05) is 25.1 Å². The van der Waals surface area contributed by atoms with E-state index in [1.54, 1.807) is 23.1 Å². The SMILES string of the molecule is CCCNC(=O)CCN(CCc1ccccc1F)C(C)=O. The molecule has 0 aliphatic rings. The minimum atomic E-state index is -0.262. The minimum absolute atomic E-state index is 0.0611. The lowest BCUT2D eigenvalue weighted by molar-refractivity contribution is -0.129. The first-order chi connectivity index (χ1) is 10.0. The highest BCUT2D eigenvalue weighted by Gasteiger charge is 2.12. The van der Waals surface area contributed by atoms with Gasteiger partial charge in [-0.25, -0.2) is 4.39 Å². The molecule has 116 valence electrons. The van der Waals surface area contributed by atoms with E-state index < -0.39 is 0 Å². The van der Waals surface area contributed by atoms with Gasteiger partial charge in [0.05, 0.1) is 0 Å². The van der Waals surface area contributed by atoms with Crippen molar-refractivity contribution in [3.05, 3.63) is 35.6 Å². The molecule has 0 radical (unpaired) electrons. The van der Waals surface area contributed by atoms with E-state index >= 15 is 0 Å². The van der Waals surface area contributed by atoms with Crippen LogP contribution in [-0.2, 0) is 16.0 Å². The largest absolute Gasteiger partial charge is 0.356 e. The number of amides is 2. The van der Waals surface area contributed by atoms with Crippen molar-refractivity contribution in [3.8, 4) is 0 Å². The Labute approximate surface area is 125 Å². The topological polar surface area (TPSA) is 49.4 Å². The summed E-state index contributed by atoms with van der Waals surface area (Å²) in [5.74, 6) is -0.426. The van der Waals surface area contributed by atoms with Crippen molar-refractivity contribution in [1.29, 1.82) is 0 Å². The van der Waals surface area contributed by atoms with Crippen LogP contribution in [0.3, 0.4) is 0 Å². The molecule has 0 bridgehead atoms. The van der Waals surface area contributed by atoms with Gasteiger partial charge in [-0.15, -0.1) is 0 Å². The lowest BCUT2D eigenvalue weighted by Crippen LogP contribution is -2.35. The Morgan fingerprint density at radius 1 is 1.24 bits per heavy atom. The van der Waals surface area contributed by atoms with Gasteiger partial charge in [0, 0.05) is 33.0 Å². The molecule has 21 heavy (non-hydrogen) atoms. The molecular weight excluding hydrogens is 271 g/mol. The summed E-state index contributed by atoms with van der Waals surface area (Å²) in [5, 5.41) is 2.77. The molecular formula is C16H23FN2O2. The fourth-order valence-electron chi connectivity index (χ4n) is 1.97. The van der Waals surface area contributed by atoms with Gasteiger partial charge in [0.25, 0.3) is 0 Å². The third-order valence-electron chi connectivity index (χ3n) is 3.24. The Morgan fingerprint density at radius 3 is 2.57 bits per heavy atom. The van der Waals surface area contributed by atoms with E-state index in [9.17, 15) is 14.0 Å². The highest BCUT2D eigenvalue weighted by molar-refractivity contribution is 5.77. The molecule has 0 heterocycles. The molecule has 0 spiro atoms. The van der Waals surface area contributed by atoms with Crippen molar-refractivity contribution in [2.24, 2.45) is 0 Å². The summed E-state index contributed by atoms with van der Waals surface area (Å²) in [6.45, 7) is 4.87. The number of rotatable bonds is 8. The lowest BCUT2D eigenvalue weighted by Gasteiger charge is -2.21. The summed E-state index contributed by atoms with van der Waals surface area (Å²) in [6, 6.07) is 6.53. The van der Waals surface area contributed by atoms with E-state index in [1.807, 2.05) is 6.92 Å². The van der Waals surface area contributed by atoms with E-state index in [-0.39, 0.29) is 24.1 Å². The van der Waals surface area contributed by atoms with Crippen LogP contribution in [0.5, 0.6) is 0 Å². The normalized spacial score (nSPS) is 10.2.